The van der Waals surface area contributed by atoms with Gasteiger partial charge in [-0.1, -0.05) is 24.3 Å². The molecule has 27 heavy (non-hydrogen) atoms. The highest BCUT2D eigenvalue weighted by Gasteiger charge is 2.15. The summed E-state index contributed by atoms with van der Waals surface area (Å²) in [5.74, 6) is 0. The second-order valence-corrected chi connectivity index (χ2v) is 6.96. The molecule has 2 amide bonds. The number of hydrogen-bond donors (Lipinski definition) is 4. The Morgan fingerprint density at radius 1 is 0.963 bits per heavy atom. The van der Waals surface area contributed by atoms with E-state index in [-0.39, 0.29) is 10.6 Å². The van der Waals surface area contributed by atoms with E-state index in [4.69, 9.17) is 11.5 Å². The van der Waals surface area contributed by atoms with Gasteiger partial charge in [0.15, 0.2) is 0 Å². The maximum Gasteiger partial charge on any atom is 0.316 e. The molecule has 0 fully saturated rings. The third-order valence-corrected chi connectivity index (χ3v) is 4.59. The number of anilines is 2. The number of amides is 2. The first-order valence-corrected chi connectivity index (χ1v) is 9.06. The van der Waals surface area contributed by atoms with E-state index < -0.39 is 16.1 Å². The first-order chi connectivity index (χ1) is 12.8. The summed E-state index contributed by atoms with van der Waals surface area (Å²) in [4.78, 5) is 10.9. The summed E-state index contributed by atoms with van der Waals surface area (Å²) < 4.78 is 32.5. The van der Waals surface area contributed by atoms with Gasteiger partial charge in [0.05, 0.1) is 11.4 Å². The fourth-order valence-electron chi connectivity index (χ4n) is 2.55. The van der Waals surface area contributed by atoms with Crippen LogP contribution >= 0.6 is 0 Å². The molecule has 0 saturated carbocycles. The van der Waals surface area contributed by atoms with E-state index in [9.17, 15) is 17.8 Å². The van der Waals surface area contributed by atoms with Gasteiger partial charge >= 0.3 is 6.03 Å². The Hall–Kier alpha value is -3.50. The molecule has 3 rings (SSSR count). The number of rotatable bonds is 4. The van der Waals surface area contributed by atoms with Crippen molar-refractivity contribution in [3.05, 3.63) is 54.6 Å². The van der Waals surface area contributed by atoms with Crippen LogP contribution in [0.2, 0.25) is 0 Å². The normalized spacial score (nSPS) is 11.7. The van der Waals surface area contributed by atoms with E-state index in [2.05, 4.69) is 15.5 Å². The van der Waals surface area contributed by atoms with Crippen LogP contribution in [0, 0.1) is 0 Å². The molecule has 0 bridgehead atoms. The van der Waals surface area contributed by atoms with Crippen molar-refractivity contribution in [3.63, 3.8) is 0 Å². The van der Waals surface area contributed by atoms with Crippen molar-refractivity contribution in [3.8, 4) is 0 Å². The van der Waals surface area contributed by atoms with Crippen LogP contribution in [0.4, 0.5) is 27.5 Å². The van der Waals surface area contributed by atoms with Crippen LogP contribution in [-0.2, 0) is 10.1 Å². The van der Waals surface area contributed by atoms with Crippen molar-refractivity contribution in [2.24, 2.45) is 16.0 Å². The van der Waals surface area contributed by atoms with Gasteiger partial charge < -0.3 is 16.8 Å². The van der Waals surface area contributed by atoms with Crippen LogP contribution in [0.25, 0.3) is 10.8 Å². The minimum absolute atomic E-state index is 0.222. The molecule has 6 N–H and O–H groups in total. The van der Waals surface area contributed by atoms with Crippen molar-refractivity contribution in [1.82, 2.24) is 0 Å². The molecular weight excluding hydrogens is 370 g/mol. The molecule has 0 saturated heterocycles. The minimum atomic E-state index is -4.39. The number of nitrogens with zero attached hydrogens (tertiary/aromatic N) is 2. The number of fused-ring (bicyclic) bond motifs is 1. The van der Waals surface area contributed by atoms with Gasteiger partial charge in [0.25, 0.3) is 10.1 Å². The van der Waals surface area contributed by atoms with Crippen molar-refractivity contribution in [2.45, 2.75) is 4.90 Å². The Bertz CT molecular complexity index is 1180. The number of nitrogens with one attached hydrogen (secondary N) is 1. The third kappa shape index (κ3) is 4.02. The van der Waals surface area contributed by atoms with Gasteiger partial charge in [-0.25, -0.2) is 4.79 Å². The highest BCUT2D eigenvalue weighted by molar-refractivity contribution is 7.86. The number of azo groups is 1. The SMILES string of the molecule is NC(=O)Nc1cc(N)ccc1N=Nc1ccc(S(=O)(=O)O)c2ccccc12. The molecule has 3 aromatic rings. The van der Waals surface area contributed by atoms with Crippen molar-refractivity contribution >= 4 is 49.7 Å². The molecule has 0 aliphatic rings. The van der Waals surface area contributed by atoms with Gasteiger partial charge in [0, 0.05) is 16.5 Å². The van der Waals surface area contributed by atoms with E-state index in [1.165, 1.54) is 18.2 Å². The van der Waals surface area contributed by atoms with Crippen molar-refractivity contribution in [2.75, 3.05) is 11.1 Å². The summed E-state index contributed by atoms with van der Waals surface area (Å²) in [7, 11) is -4.39. The smallest absolute Gasteiger partial charge is 0.316 e. The minimum Gasteiger partial charge on any atom is -0.399 e. The van der Waals surface area contributed by atoms with Crippen LogP contribution in [0.1, 0.15) is 0 Å². The number of benzene rings is 3. The number of carbonyl (C=O) groups excluding carboxylic acids is 1. The Balaban J connectivity index is 2.10. The average molecular weight is 385 g/mol. The summed E-state index contributed by atoms with van der Waals surface area (Å²) >= 11 is 0. The van der Waals surface area contributed by atoms with Gasteiger partial charge in [-0.2, -0.15) is 8.42 Å². The Kier molecular flexibility index (Phi) is 4.75. The number of urea groups is 1. The van der Waals surface area contributed by atoms with Crippen molar-refractivity contribution in [1.29, 1.82) is 0 Å². The van der Waals surface area contributed by atoms with Crippen LogP contribution in [-0.4, -0.2) is 19.0 Å². The molecule has 9 nitrogen and oxygen atoms in total. The Morgan fingerprint density at radius 2 is 1.59 bits per heavy atom. The predicted octanol–water partition coefficient (Wildman–Crippen LogP) is 3.57. The zero-order chi connectivity index (χ0) is 19.6. The number of primary amides is 1. The van der Waals surface area contributed by atoms with E-state index >= 15 is 0 Å². The molecule has 0 spiro atoms. The van der Waals surface area contributed by atoms with E-state index in [1.54, 1.807) is 36.4 Å². The van der Waals surface area contributed by atoms with Crippen LogP contribution in [0.15, 0.2) is 69.7 Å². The largest absolute Gasteiger partial charge is 0.399 e. The second kappa shape index (κ2) is 7.02. The fraction of sp³-hybridized carbons (Fsp3) is 0. The zero-order valence-corrected chi connectivity index (χ0v) is 14.6. The molecule has 138 valence electrons. The average Bonchev–Trinajstić information content (AvgIpc) is 2.59. The molecule has 3 aromatic carbocycles. The summed E-state index contributed by atoms with van der Waals surface area (Å²) in [6.45, 7) is 0. The van der Waals surface area contributed by atoms with E-state index in [0.717, 1.165) is 0 Å². The number of hydrogen-bond acceptors (Lipinski definition) is 6. The first kappa shape index (κ1) is 18.3. The van der Waals surface area contributed by atoms with Crippen LogP contribution in [0.5, 0.6) is 0 Å². The van der Waals surface area contributed by atoms with Gasteiger partial charge in [0.1, 0.15) is 10.6 Å². The molecule has 0 heterocycles. The van der Waals surface area contributed by atoms with Crippen LogP contribution in [0.3, 0.4) is 0 Å². The van der Waals surface area contributed by atoms with E-state index in [0.29, 0.717) is 27.8 Å². The highest BCUT2D eigenvalue weighted by atomic mass is 32.2. The molecule has 0 radical (unpaired) electrons. The Labute approximate surface area is 154 Å². The summed E-state index contributed by atoms with van der Waals surface area (Å²) in [6, 6.07) is 13.1. The van der Waals surface area contributed by atoms with Gasteiger partial charge in [-0.05, 0) is 30.3 Å². The topological polar surface area (TPSA) is 160 Å². The van der Waals surface area contributed by atoms with Crippen LogP contribution < -0.4 is 16.8 Å². The predicted molar refractivity (Wildman–Crippen MR) is 102 cm³/mol. The zero-order valence-electron chi connectivity index (χ0n) is 13.8. The lowest BCUT2D eigenvalue weighted by Gasteiger charge is -2.07. The fourth-order valence-corrected chi connectivity index (χ4v) is 3.25. The van der Waals surface area contributed by atoms with Gasteiger partial charge in [0.2, 0.25) is 0 Å². The number of nitrogen functional groups attached to an aromatic ring is 1. The lowest BCUT2D eigenvalue weighted by molar-refractivity contribution is 0.259. The molecular formula is C17H15N5O4S. The molecule has 0 aromatic heterocycles. The second-order valence-electron chi connectivity index (χ2n) is 5.57. The molecule has 0 atom stereocenters. The number of carbonyl (C=O) groups is 1. The quantitative estimate of drug-likeness (QED) is 0.306. The van der Waals surface area contributed by atoms with Gasteiger partial charge in [-0.15, -0.1) is 10.2 Å². The third-order valence-electron chi connectivity index (χ3n) is 3.68. The molecule has 0 aliphatic heterocycles. The van der Waals surface area contributed by atoms with E-state index in [1.807, 2.05) is 0 Å². The number of nitrogens with two attached hydrogens (primary N) is 2. The molecule has 0 aliphatic carbocycles. The van der Waals surface area contributed by atoms with Crippen molar-refractivity contribution < 1.29 is 17.8 Å². The first-order valence-electron chi connectivity index (χ1n) is 7.62. The molecule has 10 heteroatoms. The highest BCUT2D eigenvalue weighted by Crippen LogP contribution is 2.34. The maximum atomic E-state index is 11.6. The monoisotopic (exact) mass is 385 g/mol. The summed E-state index contributed by atoms with van der Waals surface area (Å²) in [6.07, 6.45) is 0. The lowest BCUT2D eigenvalue weighted by atomic mass is 10.1. The summed E-state index contributed by atoms with van der Waals surface area (Å²) in [5, 5.41) is 11.4. The summed E-state index contributed by atoms with van der Waals surface area (Å²) in [5.41, 5.74) is 12.2. The van der Waals surface area contributed by atoms with Gasteiger partial charge in [-0.3, -0.25) is 4.55 Å². The molecule has 0 unspecified atom stereocenters. The maximum absolute atomic E-state index is 11.6. The lowest BCUT2D eigenvalue weighted by Crippen LogP contribution is -2.19. The Morgan fingerprint density at radius 3 is 2.26 bits per heavy atom. The standard InChI is InChI=1S/C17H15N5O4S/c18-10-5-6-14(15(9-10)20-17(19)23)22-21-13-7-8-16(27(24,25)26)12-4-2-1-3-11(12)13/h1-9H,18H2,(H3,19,20,23)(H,24,25,26).